The van der Waals surface area contributed by atoms with Crippen LogP contribution in [0, 0.1) is 17.0 Å². The summed E-state index contributed by atoms with van der Waals surface area (Å²) in [5.74, 6) is 0.101. The topological polar surface area (TPSA) is 132 Å². The van der Waals surface area contributed by atoms with Crippen molar-refractivity contribution < 1.29 is 10.1 Å². The predicted molar refractivity (Wildman–Crippen MR) is 65.3 cm³/mol. The molecule has 3 N–H and O–H groups in total. The highest BCUT2D eigenvalue weighted by atomic mass is 16.6. The summed E-state index contributed by atoms with van der Waals surface area (Å²) in [5, 5.41) is 26.1. The molecule has 2 rings (SSSR count). The van der Waals surface area contributed by atoms with Gasteiger partial charge in [0.15, 0.2) is 11.7 Å². The van der Waals surface area contributed by atoms with Crippen LogP contribution in [0.4, 0.5) is 5.69 Å². The van der Waals surface area contributed by atoms with Crippen LogP contribution in [0.15, 0.2) is 29.7 Å². The fourth-order valence-corrected chi connectivity index (χ4v) is 1.49. The van der Waals surface area contributed by atoms with Gasteiger partial charge in [0.2, 0.25) is 0 Å². The Morgan fingerprint density at radius 2 is 2.32 bits per heavy atom. The first-order valence-electron chi connectivity index (χ1n) is 5.18. The van der Waals surface area contributed by atoms with E-state index < -0.39 is 4.92 Å². The zero-order valence-electron chi connectivity index (χ0n) is 9.89. The van der Waals surface area contributed by atoms with Gasteiger partial charge in [0.1, 0.15) is 12.4 Å². The van der Waals surface area contributed by atoms with E-state index in [1.54, 1.807) is 19.1 Å². The van der Waals surface area contributed by atoms with Crippen molar-refractivity contribution >= 4 is 11.5 Å². The first-order chi connectivity index (χ1) is 9.02. The summed E-state index contributed by atoms with van der Waals surface area (Å²) < 4.78 is 1.21. The van der Waals surface area contributed by atoms with Gasteiger partial charge in [0.05, 0.1) is 10.5 Å². The smallest absolute Gasteiger partial charge is 0.307 e. The SMILES string of the molecule is Cc1ccc(/C(N)=N/O)c(-n2cc([N+](=O)[O-])cn2)n1. The third kappa shape index (κ3) is 2.34. The Kier molecular flexibility index (Phi) is 3.10. The van der Waals surface area contributed by atoms with Gasteiger partial charge >= 0.3 is 5.69 Å². The summed E-state index contributed by atoms with van der Waals surface area (Å²) in [5.41, 5.74) is 6.36. The molecule has 0 aliphatic rings. The highest BCUT2D eigenvalue weighted by molar-refractivity contribution is 5.99. The summed E-state index contributed by atoms with van der Waals surface area (Å²) in [6, 6.07) is 3.27. The van der Waals surface area contributed by atoms with E-state index in [1.807, 2.05) is 0 Å². The van der Waals surface area contributed by atoms with Crippen LogP contribution in [0.25, 0.3) is 5.82 Å². The van der Waals surface area contributed by atoms with Gasteiger partial charge in [-0.05, 0) is 19.1 Å². The number of aryl methyl sites for hydroxylation is 1. The molecule has 0 aliphatic carbocycles. The lowest BCUT2D eigenvalue weighted by atomic mass is 10.2. The Bertz CT molecular complexity index is 663. The number of oxime groups is 1. The van der Waals surface area contributed by atoms with Crippen LogP contribution >= 0.6 is 0 Å². The van der Waals surface area contributed by atoms with Crippen molar-refractivity contribution in [2.24, 2.45) is 10.9 Å². The minimum atomic E-state index is -0.567. The third-order valence-corrected chi connectivity index (χ3v) is 2.39. The maximum absolute atomic E-state index is 10.6. The second-order valence-electron chi connectivity index (χ2n) is 3.71. The van der Waals surface area contributed by atoms with Gasteiger partial charge in [-0.15, -0.1) is 0 Å². The fraction of sp³-hybridized carbons (Fsp3) is 0.100. The Labute approximate surface area is 107 Å². The van der Waals surface area contributed by atoms with Gasteiger partial charge in [-0.25, -0.2) is 9.67 Å². The normalized spacial score (nSPS) is 11.5. The number of pyridine rings is 1. The number of nitro groups is 1. The van der Waals surface area contributed by atoms with Crippen molar-refractivity contribution in [2.45, 2.75) is 6.92 Å². The number of hydrogen-bond acceptors (Lipinski definition) is 6. The molecule has 0 bridgehead atoms. The quantitative estimate of drug-likeness (QED) is 0.273. The van der Waals surface area contributed by atoms with Crippen LogP contribution in [0.2, 0.25) is 0 Å². The molecule has 0 spiro atoms. The van der Waals surface area contributed by atoms with E-state index in [4.69, 9.17) is 10.9 Å². The molecule has 0 saturated carbocycles. The van der Waals surface area contributed by atoms with E-state index in [9.17, 15) is 10.1 Å². The van der Waals surface area contributed by atoms with Gasteiger partial charge in [-0.3, -0.25) is 10.1 Å². The molecule has 0 aliphatic heterocycles. The highest BCUT2D eigenvalue weighted by Crippen LogP contribution is 2.16. The summed E-state index contributed by atoms with van der Waals surface area (Å²) in [6.07, 6.45) is 2.30. The molecular weight excluding hydrogens is 252 g/mol. The Hall–Kier alpha value is -2.97. The van der Waals surface area contributed by atoms with E-state index in [2.05, 4.69) is 15.2 Å². The molecule has 0 saturated heterocycles. The molecule has 0 radical (unpaired) electrons. The third-order valence-electron chi connectivity index (χ3n) is 2.39. The zero-order chi connectivity index (χ0) is 14.0. The van der Waals surface area contributed by atoms with Crippen LogP contribution in [0.1, 0.15) is 11.3 Å². The molecule has 2 aromatic heterocycles. The molecule has 9 nitrogen and oxygen atoms in total. The van der Waals surface area contributed by atoms with Crippen LogP contribution in [0.3, 0.4) is 0 Å². The second kappa shape index (κ2) is 4.72. The van der Waals surface area contributed by atoms with E-state index in [1.165, 1.54) is 10.9 Å². The molecule has 0 unspecified atom stereocenters. The summed E-state index contributed by atoms with van der Waals surface area (Å²) in [6.45, 7) is 1.75. The fourth-order valence-electron chi connectivity index (χ4n) is 1.49. The molecule has 98 valence electrons. The molecule has 2 aromatic rings. The lowest BCUT2D eigenvalue weighted by Crippen LogP contribution is -2.18. The number of rotatable bonds is 3. The minimum Gasteiger partial charge on any atom is -0.409 e. The molecule has 9 heteroatoms. The number of nitrogens with two attached hydrogens (primary N) is 1. The molecule has 0 atom stereocenters. The van der Waals surface area contributed by atoms with Crippen LogP contribution < -0.4 is 5.73 Å². The molecule has 0 amide bonds. The Balaban J connectivity index is 2.59. The lowest BCUT2D eigenvalue weighted by molar-refractivity contribution is -0.384. The maximum Gasteiger partial charge on any atom is 0.307 e. The van der Waals surface area contributed by atoms with Gasteiger partial charge < -0.3 is 10.9 Å². The standard InChI is InChI=1S/C10H10N6O3/c1-6-2-3-8(9(11)14-17)10(13-6)15-5-7(4-12-15)16(18)19/h2-5,17H,1H3,(H2,11,14). The van der Waals surface area contributed by atoms with Crippen LogP contribution in [-0.2, 0) is 0 Å². The summed E-state index contributed by atoms with van der Waals surface area (Å²) in [4.78, 5) is 14.3. The molecule has 0 fully saturated rings. The lowest BCUT2D eigenvalue weighted by Gasteiger charge is -2.07. The second-order valence-corrected chi connectivity index (χ2v) is 3.71. The Morgan fingerprint density at radius 3 is 2.89 bits per heavy atom. The largest absolute Gasteiger partial charge is 0.409 e. The highest BCUT2D eigenvalue weighted by Gasteiger charge is 2.15. The maximum atomic E-state index is 10.6. The van der Waals surface area contributed by atoms with Crippen molar-refractivity contribution in [1.82, 2.24) is 14.8 Å². The predicted octanol–water partition coefficient (Wildman–Crippen LogP) is 0.578. The number of amidine groups is 1. The number of nitrogens with zero attached hydrogens (tertiary/aromatic N) is 5. The average molecular weight is 262 g/mol. The molecule has 2 heterocycles. The zero-order valence-corrected chi connectivity index (χ0v) is 9.89. The van der Waals surface area contributed by atoms with Crippen molar-refractivity contribution in [3.05, 3.63) is 45.9 Å². The van der Waals surface area contributed by atoms with Crippen molar-refractivity contribution in [1.29, 1.82) is 0 Å². The molecular formula is C10H10N6O3. The van der Waals surface area contributed by atoms with Gasteiger partial charge in [0, 0.05) is 5.69 Å². The Morgan fingerprint density at radius 1 is 1.58 bits per heavy atom. The monoisotopic (exact) mass is 262 g/mol. The van der Waals surface area contributed by atoms with E-state index in [-0.39, 0.29) is 17.3 Å². The number of hydrogen-bond donors (Lipinski definition) is 2. The van der Waals surface area contributed by atoms with Gasteiger partial charge in [-0.1, -0.05) is 5.16 Å². The average Bonchev–Trinajstić information content (AvgIpc) is 2.87. The number of aromatic nitrogens is 3. The van der Waals surface area contributed by atoms with E-state index in [0.717, 1.165) is 6.20 Å². The minimum absolute atomic E-state index is 0.152. The first-order valence-corrected chi connectivity index (χ1v) is 5.18. The van der Waals surface area contributed by atoms with E-state index >= 15 is 0 Å². The van der Waals surface area contributed by atoms with Crippen molar-refractivity contribution in [3.8, 4) is 5.82 Å². The van der Waals surface area contributed by atoms with E-state index in [0.29, 0.717) is 11.3 Å². The van der Waals surface area contributed by atoms with Crippen molar-refractivity contribution in [2.75, 3.05) is 0 Å². The summed E-state index contributed by atoms with van der Waals surface area (Å²) >= 11 is 0. The first kappa shape index (κ1) is 12.5. The van der Waals surface area contributed by atoms with Crippen molar-refractivity contribution in [3.63, 3.8) is 0 Å². The van der Waals surface area contributed by atoms with Gasteiger partial charge in [0.25, 0.3) is 0 Å². The van der Waals surface area contributed by atoms with Crippen LogP contribution in [0.5, 0.6) is 0 Å². The van der Waals surface area contributed by atoms with Crippen LogP contribution in [-0.4, -0.2) is 30.7 Å². The molecule has 19 heavy (non-hydrogen) atoms. The van der Waals surface area contributed by atoms with Gasteiger partial charge in [-0.2, -0.15) is 5.10 Å². The molecule has 0 aromatic carbocycles. The summed E-state index contributed by atoms with van der Waals surface area (Å²) in [7, 11) is 0.